The van der Waals surface area contributed by atoms with Crippen LogP contribution in [0.2, 0.25) is 0 Å². The number of rotatable bonds is 32. The molecule has 622 valence electrons. The Hall–Kier alpha value is -13.0. The maximum absolute atomic E-state index is 14.2. The van der Waals surface area contributed by atoms with E-state index in [1.54, 1.807) is 54.6 Å². The summed E-state index contributed by atoms with van der Waals surface area (Å²) in [6.07, 6.45) is 3.92. The number of phenols is 6. The third kappa shape index (κ3) is 24.6. The summed E-state index contributed by atoms with van der Waals surface area (Å²) in [5.74, 6) is 1.78. The van der Waals surface area contributed by atoms with Gasteiger partial charge in [0.2, 0.25) is 0 Å². The molecule has 1 aliphatic rings. The van der Waals surface area contributed by atoms with Gasteiger partial charge in [-0.3, -0.25) is 0 Å². The van der Waals surface area contributed by atoms with E-state index >= 15 is 0 Å². The second-order valence-electron chi connectivity index (χ2n) is 28.2. The monoisotopic (exact) mass is 1620 g/mol. The van der Waals surface area contributed by atoms with Crippen molar-refractivity contribution >= 4 is 44.6 Å². The molecule has 0 aromatic heterocycles. The lowest BCUT2D eigenvalue weighted by molar-refractivity contribution is 0.318. The van der Waals surface area contributed by atoms with Crippen LogP contribution in [0.25, 0.3) is 44.6 Å². The zero-order valence-corrected chi connectivity index (χ0v) is 69.2. The van der Waals surface area contributed by atoms with E-state index in [0.717, 1.165) is 164 Å². The number of ether oxygens (including phenoxy) is 5. The standard InChI is InChI=1S/C27H29NO3.2C25H26FNO3.C25H26FNO2/c1-3-25(21-8-13-26-22(18-21)14-16-31-26)27(19-4-9-23(29)10-5-19)20-6-11-24(12-7-20)30-17-15-28-2;2*1-3-22(19-8-13-24(29)23(26)16-19)25(17-4-9-20(28)10-5-17)18-6-11-21(12-7-18)30-15-14-27-2;1-3-22(18-7-5-4-6-8-18)25(20-11-14-24(28)23(26)17-20)19-9-12-21(13-10-19)29-16-15-27-2/h4-13,18,28-29H,3,14-17H2,1-2H3;2*4-13,16,27-29H,3,14-15H2,1-2H3;4-14,17,27-28H,3,15-16H2,1-2H3/b;25-22+;25-22-;. The highest BCUT2D eigenvalue weighted by atomic mass is 19.1. The largest absolute Gasteiger partial charge is 0.508 e. The van der Waals surface area contributed by atoms with Gasteiger partial charge in [0, 0.05) is 32.6 Å². The molecule has 0 fully saturated rings. The molecule has 0 bridgehead atoms. The van der Waals surface area contributed by atoms with E-state index in [1.807, 2.05) is 182 Å². The van der Waals surface area contributed by atoms with Gasteiger partial charge in [-0.25, -0.2) is 13.2 Å². The van der Waals surface area contributed by atoms with Gasteiger partial charge < -0.3 is 75.6 Å². The molecule has 0 unspecified atom stereocenters. The van der Waals surface area contributed by atoms with Gasteiger partial charge in [-0.2, -0.15) is 0 Å². The van der Waals surface area contributed by atoms with Gasteiger partial charge in [0.15, 0.2) is 34.7 Å². The minimum absolute atomic E-state index is 0.181. The molecule has 1 aliphatic heterocycles. The third-order valence-electron chi connectivity index (χ3n) is 20.1. The van der Waals surface area contributed by atoms with Crippen LogP contribution in [0.3, 0.4) is 0 Å². The number of likely N-dealkylation sites (N-methyl/N-ethyl adjacent to an activating group) is 4. The highest BCUT2D eigenvalue weighted by molar-refractivity contribution is 6.02. The first-order chi connectivity index (χ1) is 58.4. The van der Waals surface area contributed by atoms with Crippen LogP contribution in [-0.4, -0.2) is 118 Å². The first-order valence-corrected chi connectivity index (χ1v) is 40.5. The Balaban J connectivity index is 0.000000168. The topological polar surface area (TPSA) is 216 Å². The van der Waals surface area contributed by atoms with Crippen molar-refractivity contribution in [1.29, 1.82) is 0 Å². The van der Waals surface area contributed by atoms with Crippen LogP contribution in [0.4, 0.5) is 13.2 Å². The number of hydrogen-bond donors (Lipinski definition) is 10. The fourth-order valence-corrected chi connectivity index (χ4v) is 14.1. The van der Waals surface area contributed by atoms with E-state index in [4.69, 9.17) is 23.7 Å². The molecule has 0 saturated carbocycles. The highest BCUT2D eigenvalue weighted by Gasteiger charge is 2.22. The summed E-state index contributed by atoms with van der Waals surface area (Å²) in [6, 6.07) is 83.0. The van der Waals surface area contributed by atoms with Crippen molar-refractivity contribution in [3.8, 4) is 63.2 Å². The molecule has 0 spiro atoms. The second-order valence-corrected chi connectivity index (χ2v) is 28.2. The predicted molar refractivity (Wildman–Crippen MR) is 479 cm³/mol. The Morgan fingerprint density at radius 2 is 0.542 bits per heavy atom. The van der Waals surface area contributed by atoms with Gasteiger partial charge in [0.25, 0.3) is 0 Å². The van der Waals surface area contributed by atoms with Gasteiger partial charge in [-0.1, -0.05) is 167 Å². The number of nitrogens with one attached hydrogen (secondary N) is 4. The van der Waals surface area contributed by atoms with E-state index in [9.17, 15) is 43.8 Å². The van der Waals surface area contributed by atoms with Crippen molar-refractivity contribution < 1.29 is 67.5 Å². The SMILES string of the molecule is CC/C(=C(/c1ccc(O)cc1)c1ccc(OCCNC)cc1)c1ccc(O)c(F)c1.CC/C(=C(\c1ccc(O)cc1)c1ccc(OCCNC)cc1)c1ccc(O)c(F)c1.CCC(=C(c1ccc(O)cc1)c1ccc(OCCNC)cc1)c1ccc2c(c1)CCO2.CCC(=C(c1ccc(OCCNC)cc1)c1ccc(O)c(F)c1)c1ccccc1. The summed E-state index contributed by atoms with van der Waals surface area (Å²) in [4.78, 5) is 0. The number of benzene rings is 12. The van der Waals surface area contributed by atoms with Gasteiger partial charge in [0.05, 0.1) is 6.61 Å². The average Bonchev–Trinajstić information content (AvgIpc) is 1.15. The maximum atomic E-state index is 14.2. The fourth-order valence-electron chi connectivity index (χ4n) is 14.1. The Kier molecular flexibility index (Phi) is 34.0. The quantitative estimate of drug-likeness (QED) is 0.0140. The molecular weight excluding hydrogens is 1510 g/mol. The van der Waals surface area contributed by atoms with Crippen molar-refractivity contribution in [2.45, 2.75) is 59.8 Å². The summed E-state index contributed by atoms with van der Waals surface area (Å²) in [5, 5.41) is 70.3. The Morgan fingerprint density at radius 3 is 0.833 bits per heavy atom. The van der Waals surface area contributed by atoms with E-state index in [0.29, 0.717) is 50.4 Å². The van der Waals surface area contributed by atoms with Crippen LogP contribution < -0.4 is 45.0 Å². The molecule has 10 N–H and O–H groups in total. The fraction of sp³-hybridized carbons (Fsp3) is 0.216. The molecule has 0 radical (unpaired) electrons. The normalized spacial score (nSPS) is 12.2. The van der Waals surface area contributed by atoms with Crippen molar-refractivity contribution in [3.05, 3.63) is 363 Å². The minimum Gasteiger partial charge on any atom is -0.508 e. The number of allylic oxidation sites excluding steroid dienone is 4. The van der Waals surface area contributed by atoms with Gasteiger partial charge in [-0.05, 0) is 304 Å². The molecule has 15 nitrogen and oxygen atoms in total. The summed E-state index contributed by atoms with van der Waals surface area (Å²) in [6.45, 7) is 14.5. The highest BCUT2D eigenvalue weighted by Crippen LogP contribution is 2.43. The van der Waals surface area contributed by atoms with Crippen LogP contribution >= 0.6 is 0 Å². The molecule has 12 aromatic rings. The van der Waals surface area contributed by atoms with E-state index in [2.05, 4.69) is 77.6 Å². The molecule has 0 atom stereocenters. The molecule has 0 amide bonds. The van der Waals surface area contributed by atoms with Crippen molar-refractivity contribution in [1.82, 2.24) is 21.3 Å². The first-order valence-electron chi connectivity index (χ1n) is 40.5. The zero-order chi connectivity index (χ0) is 85.3. The first kappa shape index (κ1) is 89.4. The number of hydrogen-bond acceptors (Lipinski definition) is 15. The van der Waals surface area contributed by atoms with Crippen molar-refractivity contribution in [3.63, 3.8) is 0 Å². The summed E-state index contributed by atoms with van der Waals surface area (Å²) >= 11 is 0. The van der Waals surface area contributed by atoms with E-state index in [1.165, 1.54) is 58.7 Å². The van der Waals surface area contributed by atoms with Crippen LogP contribution in [-0.2, 0) is 6.42 Å². The Bertz CT molecular complexity index is 5220. The zero-order valence-electron chi connectivity index (χ0n) is 69.2. The Labute approximate surface area is 702 Å². The Morgan fingerprint density at radius 1 is 0.292 bits per heavy atom. The summed E-state index contributed by atoms with van der Waals surface area (Å²) in [5.41, 5.74) is 20.8. The van der Waals surface area contributed by atoms with Gasteiger partial charge in [-0.15, -0.1) is 0 Å². The molecule has 18 heteroatoms. The molecule has 12 aromatic carbocycles. The molecular formula is C102H107F3N4O11. The third-order valence-corrected chi connectivity index (χ3v) is 20.1. The van der Waals surface area contributed by atoms with Crippen LogP contribution in [0.15, 0.2) is 273 Å². The number of aromatic hydroxyl groups is 6. The average molecular weight is 1620 g/mol. The van der Waals surface area contributed by atoms with E-state index in [-0.39, 0.29) is 34.5 Å². The maximum Gasteiger partial charge on any atom is 0.165 e. The van der Waals surface area contributed by atoms with Gasteiger partial charge >= 0.3 is 0 Å². The number of phenolic OH excluding ortho intramolecular Hbond substituents is 6. The molecule has 13 rings (SSSR count). The molecule has 0 aliphatic carbocycles. The lowest BCUT2D eigenvalue weighted by atomic mass is 9.87. The summed E-state index contributed by atoms with van der Waals surface area (Å²) < 4.78 is 71.0. The second kappa shape index (κ2) is 45.7. The summed E-state index contributed by atoms with van der Waals surface area (Å²) in [7, 11) is 7.55. The van der Waals surface area contributed by atoms with Gasteiger partial charge in [0.1, 0.15) is 72.4 Å². The van der Waals surface area contributed by atoms with Crippen LogP contribution in [0.1, 0.15) is 126 Å². The van der Waals surface area contributed by atoms with E-state index < -0.39 is 17.5 Å². The number of halogens is 3. The lowest BCUT2D eigenvalue weighted by Crippen LogP contribution is -2.15. The molecule has 1 heterocycles. The minimum atomic E-state index is -0.656. The van der Waals surface area contributed by atoms with Crippen molar-refractivity contribution in [2.75, 3.05) is 87.4 Å². The predicted octanol–water partition coefficient (Wildman–Crippen LogP) is 21.2. The lowest BCUT2D eigenvalue weighted by Gasteiger charge is -2.17. The molecule has 0 saturated heterocycles. The van der Waals surface area contributed by atoms with Crippen LogP contribution in [0.5, 0.6) is 63.2 Å². The smallest absolute Gasteiger partial charge is 0.165 e. The molecule has 120 heavy (non-hydrogen) atoms. The van der Waals surface area contributed by atoms with Crippen LogP contribution in [0, 0.1) is 17.5 Å². The van der Waals surface area contributed by atoms with Crippen molar-refractivity contribution in [2.24, 2.45) is 0 Å². The number of fused-ring (bicyclic) bond motifs is 1.